The Morgan fingerprint density at radius 1 is 1.38 bits per heavy atom. The van der Waals surface area contributed by atoms with Gasteiger partial charge in [-0.1, -0.05) is 38.5 Å². The van der Waals surface area contributed by atoms with Crippen molar-refractivity contribution in [2.75, 3.05) is 13.2 Å². The Bertz CT molecular complexity index is 291. The van der Waals surface area contributed by atoms with E-state index in [9.17, 15) is 0 Å². The Balaban J connectivity index is 2.28. The molecule has 1 aromatic rings. The molecule has 1 rings (SSSR count). The minimum Gasteiger partial charge on any atom is -0.469 e. The first kappa shape index (κ1) is 13.4. The molecule has 1 N–H and O–H groups in total. The van der Waals surface area contributed by atoms with Gasteiger partial charge in [0.2, 0.25) is 0 Å². The highest BCUT2D eigenvalue weighted by Crippen LogP contribution is 2.18. The van der Waals surface area contributed by atoms with Gasteiger partial charge in [-0.05, 0) is 18.9 Å². The summed E-state index contributed by atoms with van der Waals surface area (Å²) in [5.74, 6) is 0.589. The minimum absolute atomic E-state index is 0.589. The van der Waals surface area contributed by atoms with E-state index in [1.807, 2.05) is 0 Å². The van der Waals surface area contributed by atoms with Crippen molar-refractivity contribution in [1.82, 2.24) is 15.5 Å². The van der Waals surface area contributed by atoms with Crippen molar-refractivity contribution >= 4 is 11.3 Å². The first-order valence-corrected chi connectivity index (χ1v) is 6.73. The second-order valence-corrected chi connectivity index (χ2v) is 4.97. The van der Waals surface area contributed by atoms with Crippen molar-refractivity contribution in [1.29, 1.82) is 0 Å². The van der Waals surface area contributed by atoms with E-state index in [4.69, 9.17) is 4.74 Å². The highest BCUT2D eigenvalue weighted by atomic mass is 32.1. The summed E-state index contributed by atoms with van der Waals surface area (Å²) in [4.78, 5) is 0. The van der Waals surface area contributed by atoms with Crippen LogP contribution in [0.1, 0.15) is 38.6 Å². The lowest BCUT2D eigenvalue weighted by Crippen LogP contribution is -2.11. The van der Waals surface area contributed by atoms with Gasteiger partial charge in [-0.15, -0.1) is 10.2 Å². The zero-order valence-corrected chi connectivity index (χ0v) is 11.1. The average Bonchev–Trinajstić information content (AvgIpc) is 2.72. The number of hydrogen-bond acceptors (Lipinski definition) is 5. The molecule has 0 fully saturated rings. The van der Waals surface area contributed by atoms with Crippen molar-refractivity contribution in [3.05, 3.63) is 5.01 Å². The summed E-state index contributed by atoms with van der Waals surface area (Å²) < 4.78 is 5.60. The fraction of sp³-hybridized carbons (Fsp3) is 0.818. The van der Waals surface area contributed by atoms with Gasteiger partial charge in [0.15, 0.2) is 0 Å². The quantitative estimate of drug-likeness (QED) is 0.762. The van der Waals surface area contributed by atoms with Gasteiger partial charge in [0, 0.05) is 6.54 Å². The lowest BCUT2D eigenvalue weighted by molar-refractivity contribution is 0.249. The van der Waals surface area contributed by atoms with Crippen LogP contribution in [0.25, 0.3) is 0 Å². The first-order chi connectivity index (χ1) is 7.76. The van der Waals surface area contributed by atoms with Crippen LogP contribution in [0, 0.1) is 5.92 Å². The summed E-state index contributed by atoms with van der Waals surface area (Å²) >= 11 is 1.53. The molecule has 1 heterocycles. The monoisotopic (exact) mass is 243 g/mol. The number of rotatable bonds is 8. The van der Waals surface area contributed by atoms with E-state index in [-0.39, 0.29) is 0 Å². The highest BCUT2D eigenvalue weighted by molar-refractivity contribution is 7.13. The van der Waals surface area contributed by atoms with E-state index in [1.165, 1.54) is 24.2 Å². The maximum Gasteiger partial charge on any atom is 0.294 e. The van der Waals surface area contributed by atoms with E-state index >= 15 is 0 Å². The van der Waals surface area contributed by atoms with Gasteiger partial charge in [-0.3, -0.25) is 0 Å². The lowest BCUT2D eigenvalue weighted by Gasteiger charge is -2.08. The molecule has 0 saturated heterocycles. The zero-order valence-electron chi connectivity index (χ0n) is 10.3. The van der Waals surface area contributed by atoms with Crippen molar-refractivity contribution in [3.8, 4) is 5.19 Å². The zero-order chi connectivity index (χ0) is 11.8. The molecule has 0 aliphatic rings. The van der Waals surface area contributed by atoms with Crippen LogP contribution in [0.2, 0.25) is 0 Å². The smallest absolute Gasteiger partial charge is 0.294 e. The summed E-state index contributed by atoms with van der Waals surface area (Å²) in [6, 6.07) is 0. The Morgan fingerprint density at radius 2 is 2.19 bits per heavy atom. The third-order valence-electron chi connectivity index (χ3n) is 2.25. The SMILES string of the molecule is CCCC(C)COc1nnc(CNCC)s1. The number of aromatic nitrogens is 2. The van der Waals surface area contributed by atoms with Crippen molar-refractivity contribution in [2.24, 2.45) is 5.92 Å². The minimum atomic E-state index is 0.589. The predicted molar refractivity (Wildman–Crippen MR) is 66.9 cm³/mol. The molecule has 16 heavy (non-hydrogen) atoms. The molecule has 4 nitrogen and oxygen atoms in total. The lowest BCUT2D eigenvalue weighted by atomic mass is 10.1. The molecule has 1 unspecified atom stereocenters. The topological polar surface area (TPSA) is 47.0 Å². The molecule has 1 atom stereocenters. The van der Waals surface area contributed by atoms with Crippen molar-refractivity contribution in [2.45, 2.75) is 40.2 Å². The van der Waals surface area contributed by atoms with E-state index in [2.05, 4.69) is 36.3 Å². The first-order valence-electron chi connectivity index (χ1n) is 5.92. The molecular formula is C11H21N3OS. The number of ether oxygens (including phenoxy) is 1. The fourth-order valence-corrected chi connectivity index (χ4v) is 2.06. The fourth-order valence-electron chi connectivity index (χ4n) is 1.39. The average molecular weight is 243 g/mol. The maximum absolute atomic E-state index is 5.60. The van der Waals surface area contributed by atoms with Crippen LogP contribution in [0.4, 0.5) is 0 Å². The molecule has 0 aliphatic carbocycles. The van der Waals surface area contributed by atoms with Crippen molar-refractivity contribution in [3.63, 3.8) is 0 Å². The highest BCUT2D eigenvalue weighted by Gasteiger charge is 2.07. The van der Waals surface area contributed by atoms with Gasteiger partial charge in [-0.25, -0.2) is 0 Å². The van der Waals surface area contributed by atoms with E-state index in [0.29, 0.717) is 11.1 Å². The van der Waals surface area contributed by atoms with Crippen LogP contribution in [-0.4, -0.2) is 23.3 Å². The van der Waals surface area contributed by atoms with Crippen LogP contribution >= 0.6 is 11.3 Å². The van der Waals surface area contributed by atoms with Crippen LogP contribution in [-0.2, 0) is 6.54 Å². The van der Waals surface area contributed by atoms with Gasteiger partial charge in [-0.2, -0.15) is 0 Å². The molecule has 0 bridgehead atoms. The van der Waals surface area contributed by atoms with Crippen molar-refractivity contribution < 1.29 is 4.74 Å². The van der Waals surface area contributed by atoms with Gasteiger partial charge < -0.3 is 10.1 Å². The third kappa shape index (κ3) is 4.90. The Kier molecular flexibility index (Phi) is 6.33. The van der Waals surface area contributed by atoms with Gasteiger partial charge >= 0.3 is 0 Å². The summed E-state index contributed by atoms with van der Waals surface area (Å²) in [7, 11) is 0. The van der Waals surface area contributed by atoms with E-state index in [0.717, 1.165) is 24.7 Å². The Labute approximate surface area is 101 Å². The summed E-state index contributed by atoms with van der Waals surface area (Å²) in [5.41, 5.74) is 0. The largest absolute Gasteiger partial charge is 0.469 e. The molecule has 92 valence electrons. The Morgan fingerprint density at radius 3 is 2.88 bits per heavy atom. The number of nitrogens with one attached hydrogen (secondary N) is 1. The molecule has 0 amide bonds. The van der Waals surface area contributed by atoms with E-state index < -0.39 is 0 Å². The molecule has 0 aliphatic heterocycles. The van der Waals surface area contributed by atoms with Gasteiger partial charge in [0.1, 0.15) is 5.01 Å². The summed E-state index contributed by atoms with van der Waals surface area (Å²) in [6.45, 7) is 8.93. The van der Waals surface area contributed by atoms with Crippen LogP contribution in [0.15, 0.2) is 0 Å². The van der Waals surface area contributed by atoms with E-state index in [1.54, 1.807) is 0 Å². The molecular weight excluding hydrogens is 222 g/mol. The second-order valence-electron chi connectivity index (χ2n) is 3.95. The van der Waals surface area contributed by atoms with Crippen LogP contribution in [0.5, 0.6) is 5.19 Å². The van der Waals surface area contributed by atoms with Crippen LogP contribution in [0.3, 0.4) is 0 Å². The van der Waals surface area contributed by atoms with Gasteiger partial charge in [0.25, 0.3) is 5.19 Å². The molecule has 0 saturated carbocycles. The standard InChI is InChI=1S/C11H21N3OS/c1-4-6-9(3)8-15-11-14-13-10(16-11)7-12-5-2/h9,12H,4-8H2,1-3H3. The third-order valence-corrected chi connectivity index (χ3v) is 3.08. The molecule has 5 heteroatoms. The Hall–Kier alpha value is -0.680. The molecule has 0 radical (unpaired) electrons. The predicted octanol–water partition coefficient (Wildman–Crippen LogP) is 2.46. The van der Waals surface area contributed by atoms with Crippen LogP contribution < -0.4 is 10.1 Å². The maximum atomic E-state index is 5.60. The normalized spacial score (nSPS) is 12.7. The second kappa shape index (κ2) is 7.57. The summed E-state index contributed by atoms with van der Waals surface area (Å²) in [6.07, 6.45) is 2.40. The summed E-state index contributed by atoms with van der Waals surface area (Å²) in [5, 5.41) is 13.0. The molecule has 1 aromatic heterocycles. The number of nitrogens with zero attached hydrogens (tertiary/aromatic N) is 2. The van der Waals surface area contributed by atoms with Gasteiger partial charge in [0.05, 0.1) is 6.61 Å². The molecule has 0 aromatic carbocycles. The number of hydrogen-bond donors (Lipinski definition) is 1. The molecule has 0 spiro atoms.